The lowest BCUT2D eigenvalue weighted by Gasteiger charge is -2.22. The van der Waals surface area contributed by atoms with E-state index in [0.717, 1.165) is 21.7 Å². The van der Waals surface area contributed by atoms with Gasteiger partial charge in [-0.15, -0.1) is 11.3 Å². The second kappa shape index (κ2) is 14.1. The van der Waals surface area contributed by atoms with Gasteiger partial charge in [-0.05, 0) is 41.7 Å². The van der Waals surface area contributed by atoms with Gasteiger partial charge in [0.1, 0.15) is 11.0 Å². The number of alkyl carbamates (subject to hydrolysis) is 1. The predicted molar refractivity (Wildman–Crippen MR) is 163 cm³/mol. The molecular weight excluding hydrogens is 576 g/mol. The summed E-state index contributed by atoms with van der Waals surface area (Å²) in [5.74, 6) is -0.434. The highest BCUT2D eigenvalue weighted by Gasteiger charge is 2.27. The summed E-state index contributed by atoms with van der Waals surface area (Å²) in [6, 6.07) is 24.1. The van der Waals surface area contributed by atoms with Crippen molar-refractivity contribution in [1.29, 1.82) is 0 Å². The van der Waals surface area contributed by atoms with Gasteiger partial charge in [0.05, 0.1) is 29.4 Å². The van der Waals surface area contributed by atoms with Crippen LogP contribution in [0.5, 0.6) is 0 Å². The minimum Gasteiger partial charge on any atom is -0.453 e. The quantitative estimate of drug-likeness (QED) is 0.166. The average Bonchev–Trinajstić information content (AvgIpc) is 3.41. The molecule has 12 heteroatoms. The predicted octanol–water partition coefficient (Wildman–Crippen LogP) is 4.95. The standard InChI is InChI=1S/C30H32N4O6S2/c1-3-24-27(22-14-8-5-9-15-22)41-29(32-24)26(19-21-13-10-16-23(17-21)34-42(37,38)39)31-28(35)25(33-30(36)40-2)18-20-11-6-4-7-12-20/h4-17,25-26,34H,3,18-19H2,1-2H3,(H,31,35)(H,33,36)(H,37,38,39). The summed E-state index contributed by atoms with van der Waals surface area (Å²) in [6.07, 6.45) is 0.430. The van der Waals surface area contributed by atoms with Gasteiger partial charge in [-0.25, -0.2) is 9.78 Å². The van der Waals surface area contributed by atoms with Gasteiger partial charge in [0, 0.05) is 6.42 Å². The topological polar surface area (TPSA) is 147 Å². The number of benzene rings is 3. The summed E-state index contributed by atoms with van der Waals surface area (Å²) in [5, 5.41) is 6.35. The second-order valence-corrected chi connectivity index (χ2v) is 11.7. The number of ether oxygens (including phenoxy) is 1. The van der Waals surface area contributed by atoms with Gasteiger partial charge >= 0.3 is 16.4 Å². The van der Waals surface area contributed by atoms with Gasteiger partial charge in [0.15, 0.2) is 0 Å². The van der Waals surface area contributed by atoms with E-state index in [2.05, 4.69) is 15.4 Å². The molecule has 4 aromatic rings. The van der Waals surface area contributed by atoms with Crippen molar-refractivity contribution in [3.63, 3.8) is 0 Å². The molecule has 0 spiro atoms. The van der Waals surface area contributed by atoms with Crippen LogP contribution in [0.2, 0.25) is 0 Å². The number of nitrogens with zero attached hydrogens (tertiary/aromatic N) is 1. The van der Waals surface area contributed by atoms with Gasteiger partial charge in [-0.1, -0.05) is 79.7 Å². The van der Waals surface area contributed by atoms with Crippen molar-refractivity contribution < 1.29 is 27.3 Å². The lowest BCUT2D eigenvalue weighted by atomic mass is 10.0. The summed E-state index contributed by atoms with van der Waals surface area (Å²) in [5.41, 5.74) is 3.60. The normalized spacial score (nSPS) is 12.6. The molecule has 4 N–H and O–H groups in total. The molecule has 0 aliphatic carbocycles. The van der Waals surface area contributed by atoms with Crippen molar-refractivity contribution in [3.8, 4) is 10.4 Å². The van der Waals surface area contributed by atoms with Crippen molar-refractivity contribution in [2.45, 2.75) is 38.3 Å². The molecule has 10 nitrogen and oxygen atoms in total. The summed E-state index contributed by atoms with van der Waals surface area (Å²) in [6.45, 7) is 2.01. The number of rotatable bonds is 12. The molecule has 4 rings (SSSR count). The highest BCUT2D eigenvalue weighted by molar-refractivity contribution is 7.87. The number of thiazole rings is 1. The van der Waals surface area contributed by atoms with Crippen LogP contribution in [-0.2, 0) is 39.1 Å². The first kappa shape index (κ1) is 30.7. The number of amides is 2. The van der Waals surface area contributed by atoms with E-state index in [1.807, 2.05) is 67.6 Å². The van der Waals surface area contributed by atoms with Crippen LogP contribution in [0.3, 0.4) is 0 Å². The fourth-order valence-electron chi connectivity index (χ4n) is 4.45. The lowest BCUT2D eigenvalue weighted by Crippen LogP contribution is -2.49. The molecule has 220 valence electrons. The smallest absolute Gasteiger partial charge is 0.407 e. The minimum atomic E-state index is -4.47. The molecule has 0 aliphatic heterocycles. The Hall–Kier alpha value is -4.26. The van der Waals surface area contributed by atoms with Gasteiger partial charge < -0.3 is 15.4 Å². The zero-order valence-electron chi connectivity index (χ0n) is 23.1. The van der Waals surface area contributed by atoms with Gasteiger partial charge in [0.25, 0.3) is 0 Å². The number of anilines is 1. The van der Waals surface area contributed by atoms with E-state index in [1.165, 1.54) is 24.5 Å². The minimum absolute atomic E-state index is 0.174. The Morgan fingerprint density at radius 2 is 1.60 bits per heavy atom. The van der Waals surface area contributed by atoms with Crippen LogP contribution < -0.4 is 15.4 Å². The van der Waals surface area contributed by atoms with E-state index in [4.69, 9.17) is 9.72 Å². The maximum absolute atomic E-state index is 13.7. The highest BCUT2D eigenvalue weighted by atomic mass is 32.2. The Balaban J connectivity index is 1.69. The number of carbonyl (C=O) groups excluding carboxylic acids is 2. The Kier molecular flexibility index (Phi) is 10.3. The first-order chi connectivity index (χ1) is 20.1. The van der Waals surface area contributed by atoms with Gasteiger partial charge in [0.2, 0.25) is 5.91 Å². The second-order valence-electron chi connectivity index (χ2n) is 9.47. The molecule has 2 amide bonds. The number of aryl methyl sites for hydroxylation is 1. The molecule has 3 aromatic carbocycles. The molecule has 0 radical (unpaired) electrons. The summed E-state index contributed by atoms with van der Waals surface area (Å²) < 4.78 is 38.8. The third kappa shape index (κ3) is 8.62. The molecule has 0 saturated heterocycles. The van der Waals surface area contributed by atoms with Crippen LogP contribution in [0.25, 0.3) is 10.4 Å². The fraction of sp³-hybridized carbons (Fsp3) is 0.233. The van der Waals surface area contributed by atoms with E-state index < -0.39 is 34.4 Å². The van der Waals surface area contributed by atoms with E-state index in [-0.39, 0.29) is 18.5 Å². The van der Waals surface area contributed by atoms with Crippen LogP contribution in [0, 0.1) is 0 Å². The van der Waals surface area contributed by atoms with Crippen LogP contribution >= 0.6 is 11.3 Å². The van der Waals surface area contributed by atoms with Crippen LogP contribution in [0.1, 0.15) is 34.8 Å². The fourth-order valence-corrected chi connectivity index (χ4v) is 6.09. The third-order valence-electron chi connectivity index (χ3n) is 6.39. The van der Waals surface area contributed by atoms with Crippen molar-refractivity contribution in [3.05, 3.63) is 107 Å². The zero-order chi connectivity index (χ0) is 30.1. The number of aromatic nitrogens is 1. The summed E-state index contributed by atoms with van der Waals surface area (Å²) in [4.78, 5) is 31.8. The number of hydrogen-bond donors (Lipinski definition) is 4. The number of methoxy groups -OCH3 is 1. The van der Waals surface area contributed by atoms with Crippen molar-refractivity contribution in [2.75, 3.05) is 11.8 Å². The Bertz CT molecular complexity index is 1610. The van der Waals surface area contributed by atoms with Crippen molar-refractivity contribution in [1.82, 2.24) is 15.6 Å². The third-order valence-corrected chi connectivity index (χ3v) is 8.14. The van der Waals surface area contributed by atoms with Crippen LogP contribution in [0.4, 0.5) is 10.5 Å². The molecule has 0 saturated carbocycles. The molecule has 42 heavy (non-hydrogen) atoms. The molecule has 2 unspecified atom stereocenters. The first-order valence-corrected chi connectivity index (χ1v) is 15.5. The molecule has 1 aromatic heterocycles. The Labute approximate surface area is 249 Å². The zero-order valence-corrected chi connectivity index (χ0v) is 24.7. The SMILES string of the molecule is CCc1nc(C(Cc2cccc(NS(=O)(=O)O)c2)NC(=O)C(Cc2ccccc2)NC(=O)OC)sc1-c1ccccc1. The molecule has 2 atom stereocenters. The van der Waals surface area contributed by atoms with Crippen LogP contribution in [-0.4, -0.2) is 43.1 Å². The van der Waals surface area contributed by atoms with Gasteiger partial charge in [-0.2, -0.15) is 8.42 Å². The van der Waals surface area contributed by atoms with Crippen molar-refractivity contribution in [2.24, 2.45) is 0 Å². The van der Waals surface area contributed by atoms with E-state index in [9.17, 15) is 22.6 Å². The number of hydrogen-bond acceptors (Lipinski definition) is 7. The highest BCUT2D eigenvalue weighted by Crippen LogP contribution is 2.34. The first-order valence-electron chi connectivity index (χ1n) is 13.2. The Morgan fingerprint density at radius 3 is 2.24 bits per heavy atom. The lowest BCUT2D eigenvalue weighted by molar-refractivity contribution is -0.123. The van der Waals surface area contributed by atoms with Crippen molar-refractivity contribution >= 4 is 39.3 Å². The molecule has 0 aliphatic rings. The average molecular weight is 609 g/mol. The molecule has 0 bridgehead atoms. The maximum atomic E-state index is 13.7. The van der Waals surface area contributed by atoms with E-state index in [0.29, 0.717) is 17.0 Å². The number of nitrogens with one attached hydrogen (secondary N) is 3. The van der Waals surface area contributed by atoms with Gasteiger partial charge in [-0.3, -0.25) is 14.1 Å². The van der Waals surface area contributed by atoms with E-state index in [1.54, 1.807) is 18.2 Å². The largest absolute Gasteiger partial charge is 0.453 e. The monoisotopic (exact) mass is 608 g/mol. The van der Waals surface area contributed by atoms with E-state index >= 15 is 0 Å². The molecule has 1 heterocycles. The summed E-state index contributed by atoms with van der Waals surface area (Å²) in [7, 11) is -3.23. The number of carbonyl (C=O) groups is 2. The molecular formula is C30H32N4O6S2. The van der Waals surface area contributed by atoms with Crippen LogP contribution in [0.15, 0.2) is 84.9 Å². The summed E-state index contributed by atoms with van der Waals surface area (Å²) >= 11 is 1.47. The molecule has 0 fully saturated rings. The maximum Gasteiger partial charge on any atom is 0.407 e. The Morgan fingerprint density at radius 1 is 0.929 bits per heavy atom.